The number of rotatable bonds is 5. The van der Waals surface area contributed by atoms with Gasteiger partial charge in [-0.1, -0.05) is 25.3 Å². The van der Waals surface area contributed by atoms with Crippen LogP contribution in [-0.2, 0) is 17.9 Å². The molecule has 0 aromatic carbocycles. The Morgan fingerprint density at radius 1 is 1.07 bits per heavy atom. The van der Waals surface area contributed by atoms with Crippen LogP contribution >= 0.6 is 0 Å². The van der Waals surface area contributed by atoms with Crippen molar-refractivity contribution in [3.8, 4) is 0 Å². The number of carbonyl (C=O) groups excluding carboxylic acids is 1. The van der Waals surface area contributed by atoms with Crippen LogP contribution < -0.4 is 16.6 Å². The van der Waals surface area contributed by atoms with Gasteiger partial charge in [0.05, 0.1) is 12.1 Å². The Labute approximate surface area is 167 Å². The van der Waals surface area contributed by atoms with Gasteiger partial charge < -0.3 is 5.32 Å². The molecule has 0 saturated heterocycles. The lowest BCUT2D eigenvalue weighted by Gasteiger charge is -2.23. The van der Waals surface area contributed by atoms with Gasteiger partial charge in [-0.25, -0.2) is 9.78 Å². The first-order valence-corrected chi connectivity index (χ1v) is 9.90. The van der Waals surface area contributed by atoms with Crippen molar-refractivity contribution in [3.05, 3.63) is 69.3 Å². The van der Waals surface area contributed by atoms with Crippen LogP contribution in [0.25, 0.3) is 11.0 Å². The number of hydrogen-bond donors (Lipinski definition) is 1. The van der Waals surface area contributed by atoms with Crippen LogP contribution in [0.5, 0.6) is 0 Å². The summed E-state index contributed by atoms with van der Waals surface area (Å²) in [6.45, 7) is -0.0763. The highest BCUT2D eigenvalue weighted by Gasteiger charge is 2.19. The fourth-order valence-corrected chi connectivity index (χ4v) is 3.87. The summed E-state index contributed by atoms with van der Waals surface area (Å²) in [6.07, 6.45) is 10.1. The number of aromatic nitrogens is 4. The molecule has 4 rings (SSSR count). The number of nitrogens with zero attached hydrogens (tertiary/aromatic N) is 4. The third-order valence-electron chi connectivity index (χ3n) is 5.32. The Hall–Kier alpha value is -3.29. The number of amides is 1. The normalized spacial score (nSPS) is 14.8. The summed E-state index contributed by atoms with van der Waals surface area (Å²) >= 11 is 0. The molecular formula is C21H23N5O3. The first-order chi connectivity index (χ1) is 14.1. The molecular weight excluding hydrogens is 370 g/mol. The van der Waals surface area contributed by atoms with Gasteiger partial charge in [0, 0.05) is 24.6 Å². The molecule has 1 aliphatic rings. The minimum absolute atomic E-state index is 0.0717. The number of carbonyl (C=O) groups is 1. The number of nitrogens with one attached hydrogen (secondary N) is 1. The zero-order valence-corrected chi connectivity index (χ0v) is 16.1. The smallest absolute Gasteiger partial charge is 0.332 e. The van der Waals surface area contributed by atoms with Gasteiger partial charge in [0.25, 0.3) is 5.56 Å². The van der Waals surface area contributed by atoms with E-state index in [0.29, 0.717) is 5.52 Å². The molecule has 1 amide bonds. The molecule has 0 atom stereocenters. The Bertz CT molecular complexity index is 1130. The Morgan fingerprint density at radius 2 is 1.86 bits per heavy atom. The molecule has 0 aliphatic heterocycles. The number of fused-ring (bicyclic) bond motifs is 1. The average Bonchev–Trinajstić information content (AvgIpc) is 2.75. The van der Waals surface area contributed by atoms with E-state index in [4.69, 9.17) is 0 Å². The van der Waals surface area contributed by atoms with Gasteiger partial charge in [0.2, 0.25) is 5.91 Å². The van der Waals surface area contributed by atoms with Crippen molar-refractivity contribution in [2.24, 2.45) is 0 Å². The number of hydrogen-bond acceptors (Lipinski definition) is 5. The molecule has 29 heavy (non-hydrogen) atoms. The summed E-state index contributed by atoms with van der Waals surface area (Å²) < 4.78 is 2.44. The maximum absolute atomic E-state index is 13.1. The van der Waals surface area contributed by atoms with Crippen LogP contribution in [-0.4, -0.2) is 31.1 Å². The first-order valence-electron chi connectivity index (χ1n) is 9.90. The summed E-state index contributed by atoms with van der Waals surface area (Å²) in [5.41, 5.74) is 0.252. The molecule has 3 aromatic heterocycles. The number of pyridine rings is 2. The molecule has 8 nitrogen and oxygen atoms in total. The Kier molecular flexibility index (Phi) is 5.50. The van der Waals surface area contributed by atoms with Crippen molar-refractivity contribution in [2.75, 3.05) is 0 Å². The van der Waals surface area contributed by atoms with Crippen molar-refractivity contribution in [1.82, 2.24) is 24.4 Å². The average molecular weight is 393 g/mol. The van der Waals surface area contributed by atoms with E-state index in [-0.39, 0.29) is 30.6 Å². The molecule has 0 unspecified atom stereocenters. The standard InChI is InChI=1S/C21H23N5O3/c27-18(24-16-7-2-1-3-8-16)14-25-17-9-5-11-23-19(17)20(28)26(21(25)29)13-15-6-4-10-22-12-15/h4-6,9-12,16H,1-3,7-8,13-14H2,(H,24,27). The van der Waals surface area contributed by atoms with Gasteiger partial charge in [0.15, 0.2) is 5.52 Å². The maximum atomic E-state index is 13.1. The van der Waals surface area contributed by atoms with E-state index in [1.807, 2.05) is 0 Å². The van der Waals surface area contributed by atoms with Gasteiger partial charge in [-0.2, -0.15) is 0 Å². The molecule has 0 spiro atoms. The Morgan fingerprint density at radius 3 is 2.62 bits per heavy atom. The quantitative estimate of drug-likeness (QED) is 0.707. The van der Waals surface area contributed by atoms with E-state index in [1.54, 1.807) is 36.7 Å². The monoisotopic (exact) mass is 393 g/mol. The van der Waals surface area contributed by atoms with E-state index < -0.39 is 11.2 Å². The summed E-state index contributed by atoms with van der Waals surface area (Å²) in [4.78, 5) is 46.9. The second kappa shape index (κ2) is 8.38. The highest BCUT2D eigenvalue weighted by atomic mass is 16.2. The highest BCUT2D eigenvalue weighted by Crippen LogP contribution is 2.17. The fourth-order valence-electron chi connectivity index (χ4n) is 3.87. The fraction of sp³-hybridized carbons (Fsp3) is 0.381. The minimum Gasteiger partial charge on any atom is -0.352 e. The van der Waals surface area contributed by atoms with Gasteiger partial charge in [-0.3, -0.25) is 23.7 Å². The van der Waals surface area contributed by atoms with Gasteiger partial charge in [0.1, 0.15) is 6.54 Å². The van der Waals surface area contributed by atoms with E-state index >= 15 is 0 Å². The summed E-state index contributed by atoms with van der Waals surface area (Å²) in [6, 6.07) is 6.99. The molecule has 0 bridgehead atoms. The summed E-state index contributed by atoms with van der Waals surface area (Å²) in [5.74, 6) is -0.226. The lowest BCUT2D eigenvalue weighted by molar-refractivity contribution is -0.122. The van der Waals surface area contributed by atoms with Gasteiger partial charge >= 0.3 is 5.69 Å². The van der Waals surface area contributed by atoms with Crippen molar-refractivity contribution in [1.29, 1.82) is 0 Å². The van der Waals surface area contributed by atoms with Crippen LogP contribution in [0.3, 0.4) is 0 Å². The lowest BCUT2D eigenvalue weighted by Crippen LogP contribution is -2.44. The highest BCUT2D eigenvalue weighted by molar-refractivity contribution is 5.79. The SMILES string of the molecule is O=C(Cn1c(=O)n(Cc2cccnc2)c(=O)c2ncccc21)NC1CCCCC1. The molecule has 1 N–H and O–H groups in total. The van der Waals surface area contributed by atoms with E-state index in [1.165, 1.54) is 17.2 Å². The van der Waals surface area contributed by atoms with Gasteiger partial charge in [-0.15, -0.1) is 0 Å². The van der Waals surface area contributed by atoms with E-state index in [2.05, 4.69) is 15.3 Å². The predicted molar refractivity (Wildman–Crippen MR) is 109 cm³/mol. The van der Waals surface area contributed by atoms with E-state index in [0.717, 1.165) is 35.8 Å². The topological polar surface area (TPSA) is 98.9 Å². The molecule has 3 heterocycles. The first kappa shape index (κ1) is 19.0. The maximum Gasteiger partial charge on any atom is 0.332 e. The van der Waals surface area contributed by atoms with Crippen LogP contribution in [0.4, 0.5) is 0 Å². The van der Waals surface area contributed by atoms with E-state index in [9.17, 15) is 14.4 Å². The molecule has 1 fully saturated rings. The van der Waals surface area contributed by atoms with Crippen LogP contribution in [0.1, 0.15) is 37.7 Å². The third kappa shape index (κ3) is 4.11. The van der Waals surface area contributed by atoms with Crippen molar-refractivity contribution in [3.63, 3.8) is 0 Å². The largest absolute Gasteiger partial charge is 0.352 e. The minimum atomic E-state index is -0.529. The third-order valence-corrected chi connectivity index (χ3v) is 5.32. The molecule has 3 aromatic rings. The van der Waals surface area contributed by atoms with Crippen molar-refractivity contribution < 1.29 is 4.79 Å². The second-order valence-corrected chi connectivity index (χ2v) is 7.39. The van der Waals surface area contributed by atoms with Crippen LogP contribution in [0.15, 0.2) is 52.4 Å². The summed E-state index contributed by atoms with van der Waals surface area (Å²) in [7, 11) is 0. The molecule has 1 aliphatic carbocycles. The van der Waals surface area contributed by atoms with Crippen LogP contribution in [0.2, 0.25) is 0 Å². The lowest BCUT2D eigenvalue weighted by atomic mass is 9.95. The van der Waals surface area contributed by atoms with Crippen LogP contribution in [0, 0.1) is 0 Å². The second-order valence-electron chi connectivity index (χ2n) is 7.39. The molecule has 150 valence electrons. The van der Waals surface area contributed by atoms with Crippen molar-refractivity contribution >= 4 is 16.9 Å². The predicted octanol–water partition coefficient (Wildman–Crippen LogP) is 1.45. The Balaban J connectivity index is 1.71. The molecule has 8 heteroatoms. The van der Waals surface area contributed by atoms with Gasteiger partial charge in [-0.05, 0) is 36.6 Å². The van der Waals surface area contributed by atoms with Crippen molar-refractivity contribution in [2.45, 2.75) is 51.2 Å². The molecule has 1 saturated carbocycles. The summed E-state index contributed by atoms with van der Waals surface area (Å²) in [5, 5.41) is 3.03. The zero-order chi connectivity index (χ0) is 20.2. The molecule has 0 radical (unpaired) electrons. The zero-order valence-electron chi connectivity index (χ0n) is 16.1.